The minimum Gasteiger partial charge on any atom is -0.417 e. The van der Waals surface area contributed by atoms with Gasteiger partial charge in [-0.15, -0.1) is 11.6 Å². The first-order chi connectivity index (χ1) is 7.74. The molecule has 98 valence electrons. The summed E-state index contributed by atoms with van der Waals surface area (Å²) in [7, 11) is -1.44. The molecule has 0 bridgehead atoms. The van der Waals surface area contributed by atoms with Crippen molar-refractivity contribution in [2.24, 2.45) is 0 Å². The average Bonchev–Trinajstić information content (AvgIpc) is 2.31. The second-order valence-corrected chi connectivity index (χ2v) is 9.15. The van der Waals surface area contributed by atoms with E-state index in [4.69, 9.17) is 16.0 Å². The number of rotatable bonds is 11. The molecule has 0 aliphatic rings. The van der Waals surface area contributed by atoms with Gasteiger partial charge in [-0.2, -0.15) is 0 Å². The van der Waals surface area contributed by atoms with E-state index in [2.05, 4.69) is 20.8 Å². The maximum Gasteiger partial charge on any atom is 0.192 e. The SMILES string of the molecule is CCCC[Si](CCCC)(CCCCl)OCC. The van der Waals surface area contributed by atoms with E-state index in [-0.39, 0.29) is 0 Å². The first kappa shape index (κ1) is 16.5. The van der Waals surface area contributed by atoms with E-state index in [9.17, 15) is 0 Å². The third-order valence-electron chi connectivity index (χ3n) is 3.19. The van der Waals surface area contributed by atoms with Crippen LogP contribution in [-0.2, 0) is 4.43 Å². The first-order valence-corrected chi connectivity index (χ1v) is 10.0. The fraction of sp³-hybridized carbons (Fsp3) is 1.00. The highest BCUT2D eigenvalue weighted by Crippen LogP contribution is 2.29. The van der Waals surface area contributed by atoms with Gasteiger partial charge in [-0.25, -0.2) is 0 Å². The van der Waals surface area contributed by atoms with Crippen LogP contribution in [0, 0.1) is 0 Å². The maximum atomic E-state index is 6.22. The molecule has 0 heterocycles. The Morgan fingerprint density at radius 1 is 0.875 bits per heavy atom. The van der Waals surface area contributed by atoms with E-state index in [1.807, 2.05) is 0 Å². The Morgan fingerprint density at radius 2 is 1.38 bits per heavy atom. The van der Waals surface area contributed by atoms with Crippen molar-refractivity contribution in [1.82, 2.24) is 0 Å². The number of halogens is 1. The Balaban J connectivity index is 4.32. The van der Waals surface area contributed by atoms with Crippen LogP contribution in [0.25, 0.3) is 0 Å². The van der Waals surface area contributed by atoms with Crippen LogP contribution in [0.2, 0.25) is 18.1 Å². The molecular weight excluding hydrogens is 236 g/mol. The zero-order valence-electron chi connectivity index (χ0n) is 11.4. The summed E-state index contributed by atoms with van der Waals surface area (Å²) in [6.07, 6.45) is 6.38. The summed E-state index contributed by atoms with van der Waals surface area (Å²) in [6, 6.07) is 3.95. The van der Waals surface area contributed by atoms with Crippen LogP contribution in [0.4, 0.5) is 0 Å². The summed E-state index contributed by atoms with van der Waals surface area (Å²) in [5.74, 6) is 0.792. The van der Waals surface area contributed by atoms with Crippen LogP contribution < -0.4 is 0 Å². The number of hydrogen-bond donors (Lipinski definition) is 0. The molecule has 0 N–H and O–H groups in total. The summed E-state index contributed by atoms with van der Waals surface area (Å²) in [5.41, 5.74) is 0. The minimum atomic E-state index is -1.44. The summed E-state index contributed by atoms with van der Waals surface area (Å²) in [6.45, 7) is 7.57. The van der Waals surface area contributed by atoms with E-state index < -0.39 is 8.32 Å². The third-order valence-corrected chi connectivity index (χ3v) is 8.15. The summed E-state index contributed by atoms with van der Waals surface area (Å²) < 4.78 is 6.22. The van der Waals surface area contributed by atoms with Gasteiger partial charge in [0.15, 0.2) is 8.32 Å². The summed E-state index contributed by atoms with van der Waals surface area (Å²) >= 11 is 5.84. The zero-order valence-corrected chi connectivity index (χ0v) is 13.1. The monoisotopic (exact) mass is 264 g/mol. The van der Waals surface area contributed by atoms with Gasteiger partial charge < -0.3 is 4.43 Å². The molecule has 0 unspecified atom stereocenters. The van der Waals surface area contributed by atoms with E-state index >= 15 is 0 Å². The Morgan fingerprint density at radius 3 is 1.75 bits per heavy atom. The van der Waals surface area contributed by atoms with Crippen molar-refractivity contribution >= 4 is 19.9 Å². The van der Waals surface area contributed by atoms with Gasteiger partial charge in [0, 0.05) is 12.5 Å². The molecule has 0 spiro atoms. The van der Waals surface area contributed by atoms with Gasteiger partial charge in [-0.05, 0) is 31.5 Å². The molecule has 0 saturated carbocycles. The topological polar surface area (TPSA) is 9.23 Å². The van der Waals surface area contributed by atoms with Gasteiger partial charge in [-0.1, -0.05) is 39.5 Å². The van der Waals surface area contributed by atoms with Crippen molar-refractivity contribution in [3.63, 3.8) is 0 Å². The van der Waals surface area contributed by atoms with Gasteiger partial charge in [0.1, 0.15) is 0 Å². The molecule has 0 atom stereocenters. The molecule has 3 heteroatoms. The normalized spacial score (nSPS) is 12.0. The Labute approximate surface area is 108 Å². The van der Waals surface area contributed by atoms with Crippen LogP contribution in [0.5, 0.6) is 0 Å². The lowest BCUT2D eigenvalue weighted by atomic mass is 10.4. The largest absolute Gasteiger partial charge is 0.417 e. The number of alkyl halides is 1. The van der Waals surface area contributed by atoms with Crippen LogP contribution in [0.15, 0.2) is 0 Å². The standard InChI is InChI=1S/C13H29ClOSi/c1-4-7-11-16(15-6-3,12-8-5-2)13-9-10-14/h4-13H2,1-3H3. The molecule has 0 aromatic heterocycles. The Kier molecular flexibility index (Phi) is 10.9. The molecule has 0 amide bonds. The third kappa shape index (κ3) is 6.92. The lowest BCUT2D eigenvalue weighted by molar-refractivity contribution is 0.315. The quantitative estimate of drug-likeness (QED) is 0.368. The summed E-state index contributed by atoms with van der Waals surface area (Å²) in [4.78, 5) is 0. The minimum absolute atomic E-state index is 0.792. The molecule has 0 radical (unpaired) electrons. The lowest BCUT2D eigenvalue weighted by Gasteiger charge is -2.31. The van der Waals surface area contributed by atoms with Crippen LogP contribution in [0.3, 0.4) is 0 Å². The van der Waals surface area contributed by atoms with E-state index in [1.54, 1.807) is 0 Å². The molecule has 0 aromatic carbocycles. The summed E-state index contributed by atoms with van der Waals surface area (Å²) in [5, 5.41) is 0. The van der Waals surface area contributed by atoms with Crippen molar-refractivity contribution < 1.29 is 4.43 Å². The first-order valence-electron chi connectivity index (χ1n) is 6.94. The number of unbranched alkanes of at least 4 members (excludes halogenated alkanes) is 2. The van der Waals surface area contributed by atoms with Crippen LogP contribution in [0.1, 0.15) is 52.9 Å². The molecule has 0 aliphatic heterocycles. The highest BCUT2D eigenvalue weighted by molar-refractivity contribution is 6.73. The second kappa shape index (κ2) is 10.6. The van der Waals surface area contributed by atoms with Gasteiger partial charge in [0.05, 0.1) is 0 Å². The van der Waals surface area contributed by atoms with E-state index in [0.717, 1.165) is 18.9 Å². The molecular formula is C13H29ClOSi. The second-order valence-electron chi connectivity index (χ2n) is 4.62. The molecule has 0 rings (SSSR count). The molecule has 0 saturated heterocycles. The molecule has 0 aromatic rings. The molecule has 0 aliphatic carbocycles. The van der Waals surface area contributed by atoms with Crippen LogP contribution in [-0.4, -0.2) is 20.8 Å². The predicted octanol–water partition coefficient (Wildman–Crippen LogP) is 5.20. The fourth-order valence-electron chi connectivity index (χ4n) is 2.28. The van der Waals surface area contributed by atoms with Crippen molar-refractivity contribution in [1.29, 1.82) is 0 Å². The van der Waals surface area contributed by atoms with Crippen molar-refractivity contribution in [2.75, 3.05) is 12.5 Å². The zero-order chi connectivity index (χ0) is 12.3. The van der Waals surface area contributed by atoms with Crippen molar-refractivity contribution in [3.05, 3.63) is 0 Å². The maximum absolute atomic E-state index is 6.22. The highest BCUT2D eigenvalue weighted by atomic mass is 35.5. The fourth-order valence-corrected chi connectivity index (χ4v) is 7.25. The van der Waals surface area contributed by atoms with Gasteiger partial charge in [0.25, 0.3) is 0 Å². The van der Waals surface area contributed by atoms with Gasteiger partial charge in [-0.3, -0.25) is 0 Å². The number of hydrogen-bond acceptors (Lipinski definition) is 1. The van der Waals surface area contributed by atoms with Gasteiger partial charge >= 0.3 is 0 Å². The smallest absolute Gasteiger partial charge is 0.192 e. The van der Waals surface area contributed by atoms with E-state index in [1.165, 1.54) is 43.8 Å². The van der Waals surface area contributed by atoms with Crippen molar-refractivity contribution in [2.45, 2.75) is 71.0 Å². The molecule has 1 nitrogen and oxygen atoms in total. The Bertz CT molecular complexity index is 131. The van der Waals surface area contributed by atoms with E-state index in [0.29, 0.717) is 0 Å². The predicted molar refractivity (Wildman–Crippen MR) is 77.0 cm³/mol. The highest BCUT2D eigenvalue weighted by Gasteiger charge is 2.32. The molecule has 0 fully saturated rings. The van der Waals surface area contributed by atoms with Crippen molar-refractivity contribution in [3.8, 4) is 0 Å². The van der Waals surface area contributed by atoms with Crippen LogP contribution >= 0.6 is 11.6 Å². The average molecular weight is 265 g/mol. The Hall–Kier alpha value is 0.467. The lowest BCUT2D eigenvalue weighted by Crippen LogP contribution is -2.38. The molecule has 16 heavy (non-hydrogen) atoms. The van der Waals surface area contributed by atoms with Gasteiger partial charge in [0.2, 0.25) is 0 Å².